The maximum absolute atomic E-state index is 12.3. The Labute approximate surface area is 169 Å². The van der Waals surface area contributed by atoms with Crippen LogP contribution < -0.4 is 10.7 Å². The Bertz CT molecular complexity index is 916. The van der Waals surface area contributed by atoms with Crippen molar-refractivity contribution in [2.75, 3.05) is 5.32 Å². The highest BCUT2D eigenvalue weighted by atomic mass is 16.3. The minimum absolute atomic E-state index is 0.00969. The zero-order valence-electron chi connectivity index (χ0n) is 16.3. The van der Waals surface area contributed by atoms with E-state index in [1.165, 1.54) is 24.6 Å². The summed E-state index contributed by atoms with van der Waals surface area (Å²) in [7, 11) is 0. The molecule has 0 heterocycles. The maximum Gasteiger partial charge on any atom is 0.271 e. The van der Waals surface area contributed by atoms with Gasteiger partial charge in [0.25, 0.3) is 5.91 Å². The number of phenols is 2. The molecule has 1 aliphatic carbocycles. The number of aromatic hydroxyl groups is 2. The summed E-state index contributed by atoms with van der Waals surface area (Å²) in [5, 5.41) is 26.3. The van der Waals surface area contributed by atoms with Crippen molar-refractivity contribution >= 4 is 23.2 Å². The highest BCUT2D eigenvalue weighted by molar-refractivity contribution is 6.03. The van der Waals surface area contributed by atoms with E-state index in [0.717, 1.165) is 25.7 Å². The second-order valence-corrected chi connectivity index (χ2v) is 7.24. The Morgan fingerprint density at radius 2 is 1.69 bits per heavy atom. The van der Waals surface area contributed by atoms with Crippen LogP contribution in [0.4, 0.5) is 5.69 Å². The minimum atomic E-state index is -0.422. The standard InChI is InChI=1S/C22H25N3O4/c1-14(19-13-18(26)11-12-20(19)27)24-25-22(29)16-7-9-17(10-8-16)23-21(28)15-5-3-2-4-6-15/h7-13,15,26-27H,2-6H2,1H3,(H,23,28)(H,25,29)/b24-14-. The van der Waals surface area contributed by atoms with Crippen LogP contribution in [0.1, 0.15) is 54.9 Å². The second-order valence-electron chi connectivity index (χ2n) is 7.24. The second kappa shape index (κ2) is 9.23. The first-order valence-electron chi connectivity index (χ1n) is 9.72. The minimum Gasteiger partial charge on any atom is -0.508 e. The van der Waals surface area contributed by atoms with Crippen LogP contribution in [-0.4, -0.2) is 27.7 Å². The van der Waals surface area contributed by atoms with E-state index in [-0.39, 0.29) is 23.3 Å². The first-order valence-corrected chi connectivity index (χ1v) is 9.72. The highest BCUT2D eigenvalue weighted by Gasteiger charge is 2.21. The van der Waals surface area contributed by atoms with Crippen molar-refractivity contribution in [2.45, 2.75) is 39.0 Å². The zero-order chi connectivity index (χ0) is 20.8. The van der Waals surface area contributed by atoms with Crippen LogP contribution in [-0.2, 0) is 4.79 Å². The Kier molecular flexibility index (Phi) is 6.49. The van der Waals surface area contributed by atoms with Crippen LogP contribution in [0.25, 0.3) is 0 Å². The average molecular weight is 395 g/mol. The smallest absolute Gasteiger partial charge is 0.271 e. The van der Waals surface area contributed by atoms with Crippen molar-refractivity contribution in [1.82, 2.24) is 5.43 Å². The fourth-order valence-corrected chi connectivity index (χ4v) is 3.39. The molecule has 3 rings (SSSR count). The number of nitrogens with one attached hydrogen (secondary N) is 2. The molecule has 0 atom stereocenters. The number of phenolic OH excluding ortho intramolecular Hbond substituents is 2. The van der Waals surface area contributed by atoms with Gasteiger partial charge in [0.15, 0.2) is 0 Å². The molecule has 2 amide bonds. The summed E-state index contributed by atoms with van der Waals surface area (Å²) >= 11 is 0. The molecule has 4 N–H and O–H groups in total. The lowest BCUT2D eigenvalue weighted by Crippen LogP contribution is -2.24. The first-order chi connectivity index (χ1) is 13.9. The molecule has 0 spiro atoms. The van der Waals surface area contributed by atoms with Crippen LogP contribution >= 0.6 is 0 Å². The van der Waals surface area contributed by atoms with Gasteiger partial charge in [0, 0.05) is 22.7 Å². The van der Waals surface area contributed by atoms with E-state index in [1.54, 1.807) is 31.2 Å². The highest BCUT2D eigenvalue weighted by Crippen LogP contribution is 2.25. The molecule has 0 bridgehead atoms. The summed E-state index contributed by atoms with van der Waals surface area (Å²) in [5.41, 5.74) is 4.14. The van der Waals surface area contributed by atoms with Crippen molar-refractivity contribution in [3.63, 3.8) is 0 Å². The summed E-state index contributed by atoms with van der Waals surface area (Å²) < 4.78 is 0. The van der Waals surface area contributed by atoms with Crippen molar-refractivity contribution in [2.24, 2.45) is 11.0 Å². The maximum atomic E-state index is 12.3. The first kappa shape index (κ1) is 20.4. The fourth-order valence-electron chi connectivity index (χ4n) is 3.39. The van der Waals surface area contributed by atoms with Crippen LogP contribution in [0.3, 0.4) is 0 Å². The number of rotatable bonds is 5. The van der Waals surface area contributed by atoms with E-state index < -0.39 is 5.91 Å². The van der Waals surface area contributed by atoms with Crippen LogP contribution in [0.15, 0.2) is 47.6 Å². The lowest BCUT2D eigenvalue weighted by atomic mass is 9.88. The lowest BCUT2D eigenvalue weighted by molar-refractivity contribution is -0.120. The van der Waals surface area contributed by atoms with E-state index in [1.807, 2.05) is 0 Å². The van der Waals surface area contributed by atoms with Gasteiger partial charge in [-0.05, 0) is 62.2 Å². The number of nitrogens with zero attached hydrogens (tertiary/aromatic N) is 1. The third-order valence-corrected chi connectivity index (χ3v) is 5.09. The molecule has 0 aromatic heterocycles. The molecule has 152 valence electrons. The van der Waals surface area contributed by atoms with Gasteiger partial charge in [-0.15, -0.1) is 0 Å². The molecule has 1 fully saturated rings. The van der Waals surface area contributed by atoms with Gasteiger partial charge >= 0.3 is 0 Å². The summed E-state index contributed by atoms with van der Waals surface area (Å²) in [6.07, 6.45) is 5.24. The van der Waals surface area contributed by atoms with Gasteiger partial charge in [-0.25, -0.2) is 5.43 Å². The number of amides is 2. The third kappa shape index (κ3) is 5.34. The average Bonchev–Trinajstić information content (AvgIpc) is 2.74. The van der Waals surface area contributed by atoms with Crippen LogP contribution in [0.2, 0.25) is 0 Å². The Morgan fingerprint density at radius 3 is 2.38 bits per heavy atom. The van der Waals surface area contributed by atoms with Gasteiger partial charge in [-0.1, -0.05) is 19.3 Å². The Balaban J connectivity index is 1.60. The molecular weight excluding hydrogens is 370 g/mol. The zero-order valence-corrected chi connectivity index (χ0v) is 16.3. The van der Waals surface area contributed by atoms with Crippen molar-refractivity contribution in [3.05, 3.63) is 53.6 Å². The number of hydrogen-bond acceptors (Lipinski definition) is 5. The van der Waals surface area contributed by atoms with Gasteiger partial charge in [0.1, 0.15) is 11.5 Å². The topological polar surface area (TPSA) is 111 Å². The summed E-state index contributed by atoms with van der Waals surface area (Å²) in [6, 6.07) is 10.7. The summed E-state index contributed by atoms with van der Waals surface area (Å²) in [5.74, 6) is -0.374. The molecule has 0 radical (unpaired) electrons. The normalized spacial score (nSPS) is 15.0. The fraction of sp³-hybridized carbons (Fsp3) is 0.318. The SMILES string of the molecule is C/C(=N/NC(=O)c1ccc(NC(=O)C2CCCCC2)cc1)c1cc(O)ccc1O. The molecule has 7 nitrogen and oxygen atoms in total. The van der Waals surface area contributed by atoms with E-state index >= 15 is 0 Å². The predicted octanol–water partition coefficient (Wildman–Crippen LogP) is 3.77. The van der Waals surface area contributed by atoms with Gasteiger partial charge in [0.2, 0.25) is 5.91 Å². The van der Waals surface area contributed by atoms with E-state index in [2.05, 4.69) is 15.8 Å². The lowest BCUT2D eigenvalue weighted by Gasteiger charge is -2.20. The van der Waals surface area contributed by atoms with E-state index in [4.69, 9.17) is 0 Å². The summed E-state index contributed by atoms with van der Waals surface area (Å²) in [6.45, 7) is 1.61. The molecule has 0 aliphatic heterocycles. The van der Waals surface area contributed by atoms with Gasteiger partial charge < -0.3 is 15.5 Å². The molecular formula is C22H25N3O4. The Hall–Kier alpha value is -3.35. The molecule has 2 aromatic rings. The largest absolute Gasteiger partial charge is 0.508 e. The number of carbonyl (C=O) groups excluding carboxylic acids is 2. The summed E-state index contributed by atoms with van der Waals surface area (Å²) in [4.78, 5) is 24.6. The van der Waals surface area contributed by atoms with E-state index in [9.17, 15) is 19.8 Å². The molecule has 2 aromatic carbocycles. The number of benzene rings is 2. The van der Waals surface area contributed by atoms with Gasteiger partial charge in [-0.2, -0.15) is 5.10 Å². The monoisotopic (exact) mass is 395 g/mol. The van der Waals surface area contributed by atoms with Crippen molar-refractivity contribution < 1.29 is 19.8 Å². The van der Waals surface area contributed by atoms with E-state index in [0.29, 0.717) is 22.5 Å². The molecule has 1 saturated carbocycles. The molecule has 1 aliphatic rings. The predicted molar refractivity (Wildman–Crippen MR) is 111 cm³/mol. The number of anilines is 1. The van der Waals surface area contributed by atoms with Gasteiger partial charge in [-0.3, -0.25) is 9.59 Å². The van der Waals surface area contributed by atoms with Crippen molar-refractivity contribution in [3.8, 4) is 11.5 Å². The number of hydrazone groups is 1. The Morgan fingerprint density at radius 1 is 1.00 bits per heavy atom. The number of hydrogen-bond donors (Lipinski definition) is 4. The quantitative estimate of drug-likeness (QED) is 0.351. The molecule has 0 saturated heterocycles. The van der Waals surface area contributed by atoms with Crippen molar-refractivity contribution in [1.29, 1.82) is 0 Å². The molecule has 29 heavy (non-hydrogen) atoms. The van der Waals surface area contributed by atoms with Crippen LogP contribution in [0.5, 0.6) is 11.5 Å². The molecule has 7 heteroatoms. The third-order valence-electron chi connectivity index (χ3n) is 5.09. The van der Waals surface area contributed by atoms with Crippen LogP contribution in [0, 0.1) is 5.92 Å². The number of carbonyl (C=O) groups is 2. The van der Waals surface area contributed by atoms with Gasteiger partial charge in [0.05, 0.1) is 5.71 Å². The molecule has 0 unspecified atom stereocenters.